The minimum atomic E-state index is -3.47. The quantitative estimate of drug-likeness (QED) is 0.847. The fraction of sp³-hybridized carbons (Fsp3) is 0.417. The van der Waals surface area contributed by atoms with E-state index in [1.807, 2.05) is 24.3 Å². The van der Waals surface area contributed by atoms with Crippen LogP contribution in [-0.4, -0.2) is 26.6 Å². The van der Waals surface area contributed by atoms with Crippen LogP contribution in [0, 0.1) is 5.92 Å². The van der Waals surface area contributed by atoms with Crippen molar-refractivity contribution >= 4 is 21.6 Å². The van der Waals surface area contributed by atoms with Gasteiger partial charge in [0.25, 0.3) is 0 Å². The first kappa shape index (κ1) is 12.9. The number of fused-ring (bicyclic) bond motifs is 1. The van der Waals surface area contributed by atoms with Crippen LogP contribution in [0.2, 0.25) is 0 Å². The lowest BCUT2D eigenvalue weighted by Crippen LogP contribution is -2.41. The zero-order valence-corrected chi connectivity index (χ0v) is 11.0. The first-order valence-corrected chi connectivity index (χ1v) is 7.53. The molecule has 0 spiro atoms. The second kappa shape index (κ2) is 4.97. The maximum absolute atomic E-state index is 11.9. The lowest BCUT2D eigenvalue weighted by Gasteiger charge is -2.25. The average molecular weight is 268 g/mol. The van der Waals surface area contributed by atoms with Crippen molar-refractivity contribution in [2.24, 2.45) is 5.92 Å². The van der Waals surface area contributed by atoms with E-state index in [4.69, 9.17) is 0 Å². The Balaban J connectivity index is 2.07. The van der Waals surface area contributed by atoms with Gasteiger partial charge in [-0.2, -0.15) is 0 Å². The number of sulfonamides is 1. The molecule has 5 nitrogen and oxygen atoms in total. The van der Waals surface area contributed by atoms with E-state index in [1.165, 1.54) is 6.92 Å². The van der Waals surface area contributed by atoms with Crippen LogP contribution in [0.15, 0.2) is 24.3 Å². The smallest absolute Gasteiger partial charge is 0.238 e. The molecule has 1 amide bonds. The molecule has 98 valence electrons. The van der Waals surface area contributed by atoms with E-state index in [9.17, 15) is 13.2 Å². The van der Waals surface area contributed by atoms with E-state index in [1.54, 1.807) is 0 Å². The van der Waals surface area contributed by atoms with E-state index < -0.39 is 15.9 Å². The average Bonchev–Trinajstić information content (AvgIpc) is 2.37. The van der Waals surface area contributed by atoms with E-state index in [2.05, 4.69) is 10.0 Å². The SMILES string of the molecule is CCS(=O)(=O)NC(=O)C1CNc2ccccc2C1. The zero-order chi connectivity index (χ0) is 13.2. The molecule has 1 aliphatic heterocycles. The van der Waals surface area contributed by atoms with Crippen LogP contribution in [0.1, 0.15) is 12.5 Å². The van der Waals surface area contributed by atoms with Gasteiger partial charge >= 0.3 is 0 Å². The van der Waals surface area contributed by atoms with E-state index in [-0.39, 0.29) is 11.7 Å². The van der Waals surface area contributed by atoms with Crippen molar-refractivity contribution in [3.63, 3.8) is 0 Å². The first-order valence-electron chi connectivity index (χ1n) is 5.88. The Bertz CT molecular complexity index is 554. The lowest BCUT2D eigenvalue weighted by atomic mass is 9.94. The molecule has 2 N–H and O–H groups in total. The summed E-state index contributed by atoms with van der Waals surface area (Å²) in [6.45, 7) is 1.96. The van der Waals surface area contributed by atoms with Gasteiger partial charge in [-0.05, 0) is 25.0 Å². The predicted octanol–water partition coefficient (Wildman–Crippen LogP) is 0.737. The standard InChI is InChI=1S/C12H16N2O3S/c1-2-18(16,17)14-12(15)10-7-9-5-3-4-6-11(9)13-8-10/h3-6,10,13H,2,7-8H2,1H3,(H,14,15). The van der Waals surface area contributed by atoms with E-state index in [0.29, 0.717) is 13.0 Å². The number of amides is 1. The van der Waals surface area contributed by atoms with Gasteiger partial charge in [-0.25, -0.2) is 8.42 Å². The van der Waals surface area contributed by atoms with E-state index in [0.717, 1.165) is 11.3 Å². The highest BCUT2D eigenvalue weighted by Crippen LogP contribution is 2.24. The molecule has 0 saturated heterocycles. The molecule has 1 aromatic carbocycles. The van der Waals surface area contributed by atoms with Crippen molar-refractivity contribution in [1.29, 1.82) is 0 Å². The van der Waals surface area contributed by atoms with Crippen LogP contribution in [0.25, 0.3) is 0 Å². The monoisotopic (exact) mass is 268 g/mol. The van der Waals surface area contributed by atoms with Gasteiger partial charge in [0.05, 0.1) is 11.7 Å². The summed E-state index contributed by atoms with van der Waals surface area (Å²) in [5.74, 6) is -0.866. The van der Waals surface area contributed by atoms with Gasteiger partial charge in [0.15, 0.2) is 0 Å². The summed E-state index contributed by atoms with van der Waals surface area (Å²) in [5.41, 5.74) is 2.05. The Hall–Kier alpha value is -1.56. The third kappa shape index (κ3) is 2.81. The largest absolute Gasteiger partial charge is 0.384 e. The molecule has 0 radical (unpaired) electrons. The van der Waals surface area contributed by atoms with Gasteiger partial charge < -0.3 is 5.32 Å². The molecular formula is C12H16N2O3S. The van der Waals surface area contributed by atoms with Crippen LogP contribution in [-0.2, 0) is 21.2 Å². The Morgan fingerprint density at radius 3 is 2.89 bits per heavy atom. The number of anilines is 1. The molecule has 0 saturated carbocycles. The number of nitrogens with one attached hydrogen (secondary N) is 2. The number of carbonyl (C=O) groups excluding carboxylic acids is 1. The first-order chi connectivity index (χ1) is 8.52. The maximum atomic E-state index is 11.9. The van der Waals surface area contributed by atoms with Crippen LogP contribution in [0.4, 0.5) is 5.69 Å². The predicted molar refractivity (Wildman–Crippen MR) is 69.7 cm³/mol. The molecular weight excluding hydrogens is 252 g/mol. The minimum absolute atomic E-state index is 0.0878. The van der Waals surface area contributed by atoms with Gasteiger partial charge in [-0.15, -0.1) is 0 Å². The highest BCUT2D eigenvalue weighted by Gasteiger charge is 2.26. The highest BCUT2D eigenvalue weighted by molar-refractivity contribution is 7.90. The molecule has 1 aliphatic rings. The van der Waals surface area contributed by atoms with Gasteiger partial charge in [-0.3, -0.25) is 9.52 Å². The van der Waals surface area contributed by atoms with Crippen molar-refractivity contribution in [2.45, 2.75) is 13.3 Å². The fourth-order valence-corrected chi connectivity index (χ4v) is 2.55. The summed E-state index contributed by atoms with van der Waals surface area (Å²) in [5, 5.41) is 3.14. The fourth-order valence-electron chi connectivity index (χ4n) is 1.94. The van der Waals surface area contributed by atoms with Crippen molar-refractivity contribution in [1.82, 2.24) is 4.72 Å². The Kier molecular flexibility index (Phi) is 3.56. The summed E-state index contributed by atoms with van der Waals surface area (Å²) in [6, 6.07) is 7.72. The number of para-hydroxylation sites is 1. The summed E-state index contributed by atoms with van der Waals surface area (Å²) >= 11 is 0. The molecule has 2 rings (SSSR count). The molecule has 1 heterocycles. The lowest BCUT2D eigenvalue weighted by molar-refractivity contribution is -0.122. The van der Waals surface area contributed by atoms with Crippen LogP contribution >= 0.6 is 0 Å². The molecule has 0 fully saturated rings. The molecule has 18 heavy (non-hydrogen) atoms. The van der Waals surface area contributed by atoms with Crippen molar-refractivity contribution in [2.75, 3.05) is 17.6 Å². The van der Waals surface area contributed by atoms with Gasteiger partial charge in [0.1, 0.15) is 0 Å². The number of hydrogen-bond donors (Lipinski definition) is 2. The number of carbonyl (C=O) groups is 1. The van der Waals surface area contributed by atoms with Crippen molar-refractivity contribution < 1.29 is 13.2 Å². The number of rotatable bonds is 3. The van der Waals surface area contributed by atoms with Crippen LogP contribution < -0.4 is 10.0 Å². The molecule has 0 aromatic heterocycles. The molecule has 1 aromatic rings. The van der Waals surface area contributed by atoms with Gasteiger partial charge in [0.2, 0.25) is 15.9 Å². The molecule has 1 atom stereocenters. The Labute approximate surface area is 107 Å². The van der Waals surface area contributed by atoms with Crippen LogP contribution in [0.3, 0.4) is 0 Å². The second-order valence-corrected chi connectivity index (χ2v) is 6.32. The summed E-state index contributed by atoms with van der Waals surface area (Å²) in [6.07, 6.45) is 0.564. The van der Waals surface area contributed by atoms with Crippen molar-refractivity contribution in [3.05, 3.63) is 29.8 Å². The zero-order valence-electron chi connectivity index (χ0n) is 10.1. The molecule has 6 heteroatoms. The third-order valence-corrected chi connectivity index (χ3v) is 4.30. The van der Waals surface area contributed by atoms with Gasteiger partial charge in [-0.1, -0.05) is 18.2 Å². The van der Waals surface area contributed by atoms with Crippen molar-refractivity contribution in [3.8, 4) is 0 Å². The Morgan fingerprint density at radius 1 is 1.44 bits per heavy atom. The summed E-state index contributed by atoms with van der Waals surface area (Å²) in [4.78, 5) is 11.9. The number of hydrogen-bond acceptors (Lipinski definition) is 4. The Morgan fingerprint density at radius 2 is 2.17 bits per heavy atom. The minimum Gasteiger partial charge on any atom is -0.384 e. The maximum Gasteiger partial charge on any atom is 0.238 e. The number of benzene rings is 1. The second-order valence-electron chi connectivity index (χ2n) is 4.31. The normalized spacial score (nSPS) is 18.6. The van der Waals surface area contributed by atoms with Crippen LogP contribution in [0.5, 0.6) is 0 Å². The molecule has 0 aliphatic carbocycles. The molecule has 1 unspecified atom stereocenters. The van der Waals surface area contributed by atoms with E-state index >= 15 is 0 Å². The third-order valence-electron chi connectivity index (χ3n) is 3.03. The summed E-state index contributed by atoms with van der Waals surface area (Å²) < 4.78 is 24.8. The highest BCUT2D eigenvalue weighted by atomic mass is 32.2. The summed E-state index contributed by atoms with van der Waals surface area (Å²) in [7, 11) is -3.47. The topological polar surface area (TPSA) is 75.3 Å². The molecule has 0 bridgehead atoms. The van der Waals surface area contributed by atoms with Gasteiger partial charge in [0, 0.05) is 12.2 Å².